The molecule has 0 aliphatic heterocycles. The van der Waals surface area contributed by atoms with E-state index in [9.17, 15) is 8.42 Å². The normalized spacial score (nSPS) is 12.3. The molecule has 92 valence electrons. The van der Waals surface area contributed by atoms with Crippen LogP contribution >= 0.6 is 22.7 Å². The molecule has 0 atom stereocenters. The van der Waals surface area contributed by atoms with E-state index in [0.29, 0.717) is 0 Å². The highest BCUT2D eigenvalue weighted by Gasteiger charge is 2.11. The summed E-state index contributed by atoms with van der Waals surface area (Å²) in [4.78, 5) is 2.77. The molecule has 2 aromatic rings. The molecule has 0 saturated heterocycles. The van der Waals surface area contributed by atoms with Gasteiger partial charge in [-0.05, 0) is 29.7 Å². The summed E-state index contributed by atoms with van der Waals surface area (Å²) in [6, 6.07) is 9.44. The maximum Gasteiger partial charge on any atom is 0.185 e. The fraction of sp³-hybridized carbons (Fsp3) is 0.0833. The standard InChI is InChI=1S/C12H9NO2S3/c1-18(14,15)10(8-13)7-9-4-5-12(17-9)11-3-2-6-16-11/h2-7H,1H3/b10-7-. The summed E-state index contributed by atoms with van der Waals surface area (Å²) in [6.07, 6.45) is 2.45. The van der Waals surface area contributed by atoms with Crippen LogP contribution in [0.3, 0.4) is 0 Å². The Labute approximate surface area is 114 Å². The first-order valence-electron chi connectivity index (χ1n) is 4.96. The van der Waals surface area contributed by atoms with E-state index in [-0.39, 0.29) is 4.91 Å². The van der Waals surface area contributed by atoms with Gasteiger partial charge in [0.2, 0.25) is 0 Å². The average molecular weight is 295 g/mol. The maximum absolute atomic E-state index is 11.3. The number of hydrogen-bond acceptors (Lipinski definition) is 5. The third-order valence-electron chi connectivity index (χ3n) is 2.17. The number of nitrogens with zero attached hydrogens (tertiary/aromatic N) is 1. The molecule has 0 saturated carbocycles. The first-order chi connectivity index (χ1) is 8.50. The molecule has 6 heteroatoms. The lowest BCUT2D eigenvalue weighted by Crippen LogP contribution is -1.97. The molecule has 2 heterocycles. The maximum atomic E-state index is 11.3. The zero-order chi connectivity index (χ0) is 13.2. The topological polar surface area (TPSA) is 57.9 Å². The number of nitriles is 1. The molecule has 3 nitrogen and oxygen atoms in total. The zero-order valence-electron chi connectivity index (χ0n) is 9.45. The minimum atomic E-state index is -3.45. The third kappa shape index (κ3) is 2.88. The molecule has 2 rings (SSSR count). The molecule has 18 heavy (non-hydrogen) atoms. The molecular weight excluding hydrogens is 286 g/mol. The first-order valence-corrected chi connectivity index (χ1v) is 8.55. The largest absolute Gasteiger partial charge is 0.223 e. The van der Waals surface area contributed by atoms with Crippen LogP contribution < -0.4 is 0 Å². The van der Waals surface area contributed by atoms with Crippen molar-refractivity contribution < 1.29 is 8.42 Å². The van der Waals surface area contributed by atoms with E-state index >= 15 is 0 Å². The quantitative estimate of drug-likeness (QED) is 0.816. The number of sulfone groups is 1. The Morgan fingerprint density at radius 3 is 2.67 bits per heavy atom. The van der Waals surface area contributed by atoms with E-state index in [1.807, 2.05) is 29.6 Å². The van der Waals surface area contributed by atoms with E-state index in [1.165, 1.54) is 17.4 Å². The third-order valence-corrected chi connectivity index (χ3v) is 5.28. The van der Waals surface area contributed by atoms with Crippen molar-refractivity contribution in [1.82, 2.24) is 0 Å². The zero-order valence-corrected chi connectivity index (χ0v) is 11.9. The summed E-state index contributed by atoms with van der Waals surface area (Å²) < 4.78 is 22.6. The van der Waals surface area contributed by atoms with Crippen molar-refractivity contribution in [3.05, 3.63) is 39.4 Å². The van der Waals surface area contributed by atoms with E-state index < -0.39 is 9.84 Å². The van der Waals surface area contributed by atoms with Crippen molar-refractivity contribution in [3.63, 3.8) is 0 Å². The van der Waals surface area contributed by atoms with Gasteiger partial charge in [0.1, 0.15) is 11.0 Å². The van der Waals surface area contributed by atoms with Gasteiger partial charge in [-0.1, -0.05) is 6.07 Å². The molecule has 0 spiro atoms. The van der Waals surface area contributed by atoms with E-state index in [1.54, 1.807) is 17.4 Å². The molecule has 0 amide bonds. The van der Waals surface area contributed by atoms with Crippen molar-refractivity contribution in [2.75, 3.05) is 6.26 Å². The van der Waals surface area contributed by atoms with Crippen molar-refractivity contribution in [3.8, 4) is 15.8 Å². The summed E-state index contributed by atoms with van der Waals surface area (Å²) >= 11 is 3.09. The van der Waals surface area contributed by atoms with Crippen LogP contribution in [-0.4, -0.2) is 14.7 Å². The summed E-state index contributed by atoms with van der Waals surface area (Å²) in [5.74, 6) is 0. The summed E-state index contributed by atoms with van der Waals surface area (Å²) in [5.41, 5.74) is 0. The minimum Gasteiger partial charge on any atom is -0.223 e. The lowest BCUT2D eigenvalue weighted by Gasteiger charge is -1.92. The lowest BCUT2D eigenvalue weighted by molar-refractivity contribution is 0.609. The highest BCUT2D eigenvalue weighted by Crippen LogP contribution is 2.32. The Bertz CT molecular complexity index is 716. The monoisotopic (exact) mass is 295 g/mol. The molecule has 0 bridgehead atoms. The minimum absolute atomic E-state index is 0.206. The highest BCUT2D eigenvalue weighted by atomic mass is 32.2. The molecule has 2 aromatic heterocycles. The molecule has 0 aromatic carbocycles. The molecule has 0 fully saturated rings. The molecule has 0 aliphatic carbocycles. The number of rotatable bonds is 3. The van der Waals surface area contributed by atoms with E-state index in [4.69, 9.17) is 5.26 Å². The Kier molecular flexibility index (Phi) is 3.66. The van der Waals surface area contributed by atoms with Crippen LogP contribution in [0.25, 0.3) is 15.8 Å². The van der Waals surface area contributed by atoms with E-state index in [0.717, 1.165) is 20.9 Å². The fourth-order valence-corrected chi connectivity index (χ4v) is 3.70. The SMILES string of the molecule is CS(=O)(=O)/C(C#N)=C\c1ccc(-c2cccs2)s1. The first kappa shape index (κ1) is 13.0. The van der Waals surface area contributed by atoms with Gasteiger partial charge in [0.25, 0.3) is 0 Å². The van der Waals surface area contributed by atoms with Crippen molar-refractivity contribution in [2.24, 2.45) is 0 Å². The van der Waals surface area contributed by atoms with Crippen LogP contribution in [0.1, 0.15) is 4.88 Å². The van der Waals surface area contributed by atoms with Gasteiger partial charge in [0.15, 0.2) is 9.84 Å². The molecule has 0 radical (unpaired) electrons. The van der Waals surface area contributed by atoms with Crippen LogP contribution in [0.4, 0.5) is 0 Å². The lowest BCUT2D eigenvalue weighted by atomic mass is 10.3. The Balaban J connectivity index is 2.38. The number of thiophene rings is 2. The predicted molar refractivity (Wildman–Crippen MR) is 76.1 cm³/mol. The summed E-state index contributed by atoms with van der Waals surface area (Å²) in [7, 11) is -3.45. The Hall–Kier alpha value is -1.42. The van der Waals surface area contributed by atoms with E-state index in [2.05, 4.69) is 0 Å². The van der Waals surface area contributed by atoms with Gasteiger partial charge in [-0.15, -0.1) is 22.7 Å². The van der Waals surface area contributed by atoms with Gasteiger partial charge in [-0.2, -0.15) is 5.26 Å². The predicted octanol–water partition coefficient (Wildman–Crippen LogP) is 3.39. The second kappa shape index (κ2) is 5.06. The van der Waals surface area contributed by atoms with Crippen molar-refractivity contribution in [1.29, 1.82) is 5.26 Å². The van der Waals surface area contributed by atoms with Gasteiger partial charge in [0.05, 0.1) is 0 Å². The van der Waals surface area contributed by atoms with Crippen molar-refractivity contribution >= 4 is 38.6 Å². The highest BCUT2D eigenvalue weighted by molar-refractivity contribution is 7.95. The van der Waals surface area contributed by atoms with Gasteiger partial charge in [0, 0.05) is 20.9 Å². The van der Waals surface area contributed by atoms with Gasteiger partial charge in [-0.25, -0.2) is 8.42 Å². The summed E-state index contributed by atoms with van der Waals surface area (Å²) in [6.45, 7) is 0. The second-order valence-corrected chi connectivity index (χ2v) is 7.62. The fourth-order valence-electron chi connectivity index (χ4n) is 1.33. The summed E-state index contributed by atoms with van der Waals surface area (Å²) in [5, 5.41) is 10.8. The smallest absolute Gasteiger partial charge is 0.185 e. The Morgan fingerprint density at radius 1 is 1.33 bits per heavy atom. The second-order valence-electron chi connectivity index (χ2n) is 3.57. The van der Waals surface area contributed by atoms with Gasteiger partial charge >= 0.3 is 0 Å². The van der Waals surface area contributed by atoms with Crippen LogP contribution in [0.15, 0.2) is 34.6 Å². The van der Waals surface area contributed by atoms with Crippen LogP contribution in [-0.2, 0) is 9.84 Å². The van der Waals surface area contributed by atoms with Gasteiger partial charge < -0.3 is 0 Å². The molecule has 0 unspecified atom stereocenters. The Morgan fingerprint density at radius 2 is 2.11 bits per heavy atom. The van der Waals surface area contributed by atoms with Crippen molar-refractivity contribution in [2.45, 2.75) is 0 Å². The van der Waals surface area contributed by atoms with Gasteiger partial charge in [-0.3, -0.25) is 0 Å². The molecule has 0 aliphatic rings. The molecular formula is C12H9NO2S3. The van der Waals surface area contributed by atoms with Crippen LogP contribution in [0.2, 0.25) is 0 Å². The average Bonchev–Trinajstić information content (AvgIpc) is 2.94. The van der Waals surface area contributed by atoms with Crippen LogP contribution in [0, 0.1) is 11.3 Å². The number of hydrogen-bond donors (Lipinski definition) is 0. The van der Waals surface area contributed by atoms with Crippen LogP contribution in [0.5, 0.6) is 0 Å². The number of allylic oxidation sites excluding steroid dienone is 1. The molecule has 0 N–H and O–H groups in total.